The molecule has 0 nitrogen and oxygen atoms in total. The molecule has 0 N–H and O–H groups in total. The first-order chi connectivity index (χ1) is 9.93. The molecule has 1 atom stereocenters. The van der Waals surface area contributed by atoms with E-state index in [1.54, 1.807) is 11.1 Å². The van der Waals surface area contributed by atoms with Crippen molar-refractivity contribution in [3.8, 4) is 0 Å². The van der Waals surface area contributed by atoms with Crippen LogP contribution < -0.4 is 0 Å². The van der Waals surface area contributed by atoms with Crippen molar-refractivity contribution < 1.29 is 0 Å². The van der Waals surface area contributed by atoms with Crippen molar-refractivity contribution in [2.24, 2.45) is 0 Å². The van der Waals surface area contributed by atoms with Gasteiger partial charge >= 0.3 is 0 Å². The van der Waals surface area contributed by atoms with Crippen LogP contribution in [0.25, 0.3) is 10.8 Å². The van der Waals surface area contributed by atoms with Crippen molar-refractivity contribution in [1.82, 2.24) is 0 Å². The fourth-order valence-electron chi connectivity index (χ4n) is 3.63. The van der Waals surface area contributed by atoms with Gasteiger partial charge in [0, 0.05) is 5.92 Å². The molecule has 1 unspecified atom stereocenters. The molecule has 0 fully saturated rings. The highest BCUT2D eigenvalue weighted by atomic mass is 14.3. The first-order valence-corrected chi connectivity index (χ1v) is 7.49. The molecule has 4 rings (SSSR count). The maximum absolute atomic E-state index is 2.36. The van der Waals surface area contributed by atoms with Crippen molar-refractivity contribution in [3.63, 3.8) is 0 Å². The molecule has 20 heavy (non-hydrogen) atoms. The summed E-state index contributed by atoms with van der Waals surface area (Å²) in [5.74, 6) is 0.574. The predicted octanol–water partition coefficient (Wildman–Crippen LogP) is 5.31. The molecule has 0 amide bonds. The van der Waals surface area contributed by atoms with Gasteiger partial charge in [0.25, 0.3) is 0 Å². The van der Waals surface area contributed by atoms with Gasteiger partial charge in [-0.3, -0.25) is 0 Å². The lowest BCUT2D eigenvalue weighted by atomic mass is 9.77. The van der Waals surface area contributed by atoms with Crippen LogP contribution in [0.2, 0.25) is 0 Å². The third-order valence-electron chi connectivity index (χ3n) is 4.57. The molecule has 0 aliphatic heterocycles. The highest BCUT2D eigenvalue weighted by molar-refractivity contribution is 5.87. The van der Waals surface area contributed by atoms with Gasteiger partial charge in [-0.25, -0.2) is 0 Å². The minimum absolute atomic E-state index is 0.574. The van der Waals surface area contributed by atoms with Gasteiger partial charge in [-0.05, 0) is 46.7 Å². The Labute approximate surface area is 120 Å². The van der Waals surface area contributed by atoms with E-state index in [4.69, 9.17) is 0 Å². The number of hydrogen-bond acceptors (Lipinski definition) is 0. The van der Waals surface area contributed by atoms with E-state index in [9.17, 15) is 0 Å². The van der Waals surface area contributed by atoms with Crippen LogP contribution >= 0.6 is 0 Å². The highest BCUT2D eigenvalue weighted by Gasteiger charge is 2.22. The number of benzene rings is 3. The average Bonchev–Trinajstić information content (AvgIpc) is 2.55. The molecule has 1 aliphatic carbocycles. The fourth-order valence-corrected chi connectivity index (χ4v) is 3.63. The van der Waals surface area contributed by atoms with E-state index < -0.39 is 0 Å². The zero-order valence-corrected chi connectivity index (χ0v) is 11.5. The van der Waals surface area contributed by atoms with Gasteiger partial charge < -0.3 is 0 Å². The number of rotatable bonds is 1. The zero-order valence-electron chi connectivity index (χ0n) is 11.5. The molecule has 98 valence electrons. The minimum atomic E-state index is 0.574. The Kier molecular flexibility index (Phi) is 2.81. The molecule has 0 aromatic heterocycles. The SMILES string of the molecule is c1ccc(C2CCCc3c2ccc2ccccc32)cc1. The number of fused-ring (bicyclic) bond motifs is 3. The maximum atomic E-state index is 2.36. The molecule has 0 radical (unpaired) electrons. The normalized spacial score (nSPS) is 17.9. The molecule has 0 heterocycles. The first-order valence-electron chi connectivity index (χ1n) is 7.49. The molecular weight excluding hydrogens is 240 g/mol. The van der Waals surface area contributed by atoms with E-state index >= 15 is 0 Å². The van der Waals surface area contributed by atoms with Gasteiger partial charge in [0.05, 0.1) is 0 Å². The Bertz CT molecular complexity index is 740. The maximum Gasteiger partial charge on any atom is 0.00924 e. The van der Waals surface area contributed by atoms with Crippen LogP contribution in [-0.4, -0.2) is 0 Å². The summed E-state index contributed by atoms with van der Waals surface area (Å²) >= 11 is 0. The second kappa shape index (κ2) is 4.79. The Balaban J connectivity index is 1.92. The quantitative estimate of drug-likeness (QED) is 0.555. The van der Waals surface area contributed by atoms with Crippen LogP contribution in [0.1, 0.15) is 35.4 Å². The molecule has 1 aliphatic rings. The number of aryl methyl sites for hydroxylation is 1. The van der Waals surface area contributed by atoms with E-state index in [2.05, 4.69) is 66.7 Å². The zero-order chi connectivity index (χ0) is 13.4. The van der Waals surface area contributed by atoms with Crippen LogP contribution in [0.3, 0.4) is 0 Å². The molecular formula is C20H18. The summed E-state index contributed by atoms with van der Waals surface area (Å²) in [6.07, 6.45) is 3.79. The average molecular weight is 258 g/mol. The lowest BCUT2D eigenvalue weighted by molar-refractivity contribution is 0.619. The van der Waals surface area contributed by atoms with E-state index in [1.807, 2.05) is 0 Å². The molecule has 0 spiro atoms. The van der Waals surface area contributed by atoms with Crippen molar-refractivity contribution >= 4 is 10.8 Å². The Morgan fingerprint density at radius 3 is 2.45 bits per heavy atom. The Morgan fingerprint density at radius 1 is 0.750 bits per heavy atom. The molecule has 3 aromatic rings. The summed E-state index contributed by atoms with van der Waals surface area (Å²) in [6, 6.07) is 24.4. The largest absolute Gasteiger partial charge is 0.0622 e. The molecule has 0 bridgehead atoms. The lowest BCUT2D eigenvalue weighted by Gasteiger charge is -2.27. The van der Waals surface area contributed by atoms with Crippen LogP contribution in [0.4, 0.5) is 0 Å². The van der Waals surface area contributed by atoms with Crippen LogP contribution in [0.15, 0.2) is 66.7 Å². The monoisotopic (exact) mass is 258 g/mol. The van der Waals surface area contributed by atoms with Gasteiger partial charge in [0.15, 0.2) is 0 Å². The van der Waals surface area contributed by atoms with Gasteiger partial charge in [-0.1, -0.05) is 66.7 Å². The van der Waals surface area contributed by atoms with Crippen molar-refractivity contribution in [1.29, 1.82) is 0 Å². The van der Waals surface area contributed by atoms with Gasteiger partial charge in [-0.15, -0.1) is 0 Å². The third kappa shape index (κ3) is 1.84. The summed E-state index contributed by atoms with van der Waals surface area (Å²) in [5, 5.41) is 2.82. The van der Waals surface area contributed by atoms with Crippen LogP contribution in [-0.2, 0) is 6.42 Å². The molecule has 0 saturated carbocycles. The summed E-state index contributed by atoms with van der Waals surface area (Å²) in [6.45, 7) is 0. The van der Waals surface area contributed by atoms with Crippen molar-refractivity contribution in [2.75, 3.05) is 0 Å². The summed E-state index contributed by atoms with van der Waals surface area (Å²) in [4.78, 5) is 0. The van der Waals surface area contributed by atoms with Gasteiger partial charge in [-0.2, -0.15) is 0 Å². The highest BCUT2D eigenvalue weighted by Crippen LogP contribution is 2.39. The van der Waals surface area contributed by atoms with E-state index in [1.165, 1.54) is 35.6 Å². The van der Waals surface area contributed by atoms with E-state index in [0.717, 1.165) is 0 Å². The summed E-state index contributed by atoms with van der Waals surface area (Å²) < 4.78 is 0. The lowest BCUT2D eigenvalue weighted by Crippen LogP contribution is -2.11. The van der Waals surface area contributed by atoms with Gasteiger partial charge in [0.1, 0.15) is 0 Å². The van der Waals surface area contributed by atoms with Crippen molar-refractivity contribution in [3.05, 3.63) is 83.4 Å². The van der Waals surface area contributed by atoms with E-state index in [-0.39, 0.29) is 0 Å². The topological polar surface area (TPSA) is 0 Å². The molecule has 3 aromatic carbocycles. The summed E-state index contributed by atoms with van der Waals surface area (Å²) in [7, 11) is 0. The van der Waals surface area contributed by atoms with Crippen LogP contribution in [0, 0.1) is 0 Å². The number of hydrogen-bond donors (Lipinski definition) is 0. The smallest absolute Gasteiger partial charge is 0.00924 e. The second-order valence-corrected chi connectivity index (χ2v) is 5.71. The third-order valence-corrected chi connectivity index (χ3v) is 4.57. The summed E-state index contributed by atoms with van der Waals surface area (Å²) in [5.41, 5.74) is 4.58. The minimum Gasteiger partial charge on any atom is -0.0622 e. The molecule has 0 heteroatoms. The fraction of sp³-hybridized carbons (Fsp3) is 0.200. The first kappa shape index (κ1) is 11.7. The van der Waals surface area contributed by atoms with E-state index in [0.29, 0.717) is 5.92 Å². The molecule has 0 saturated heterocycles. The predicted molar refractivity (Wildman–Crippen MR) is 85.2 cm³/mol. The van der Waals surface area contributed by atoms with Gasteiger partial charge in [0.2, 0.25) is 0 Å². The van der Waals surface area contributed by atoms with Crippen LogP contribution in [0.5, 0.6) is 0 Å². The Hall–Kier alpha value is -2.08. The van der Waals surface area contributed by atoms with Crippen molar-refractivity contribution in [2.45, 2.75) is 25.2 Å². The second-order valence-electron chi connectivity index (χ2n) is 5.71. The Morgan fingerprint density at radius 2 is 1.55 bits per heavy atom. The standard InChI is InChI=1S/C20H18/c1-2-7-15(8-3-1)18-11-6-12-19-17-10-5-4-9-16(17)13-14-20(18)19/h1-5,7-10,13-14,18H,6,11-12H2.